The van der Waals surface area contributed by atoms with Crippen molar-refractivity contribution in [3.63, 3.8) is 0 Å². The summed E-state index contributed by atoms with van der Waals surface area (Å²) in [7, 11) is 0. The van der Waals surface area contributed by atoms with Crippen LogP contribution in [0.3, 0.4) is 0 Å². The van der Waals surface area contributed by atoms with Gasteiger partial charge in [0.2, 0.25) is 11.1 Å². The molecule has 0 bridgehead atoms. The van der Waals surface area contributed by atoms with Crippen molar-refractivity contribution < 1.29 is 9.18 Å². The minimum atomic E-state index is -0.371. The highest BCUT2D eigenvalue weighted by molar-refractivity contribution is 7.99. The highest BCUT2D eigenvalue weighted by atomic mass is 32.2. The molecule has 0 spiro atoms. The van der Waals surface area contributed by atoms with E-state index in [4.69, 9.17) is 0 Å². The zero-order valence-corrected chi connectivity index (χ0v) is 12.8. The van der Waals surface area contributed by atoms with Crippen LogP contribution in [0.25, 0.3) is 5.69 Å². The summed E-state index contributed by atoms with van der Waals surface area (Å²) in [6.07, 6.45) is 0. The summed E-state index contributed by atoms with van der Waals surface area (Å²) >= 11 is 1.20. The molecule has 1 aromatic heterocycles. The van der Waals surface area contributed by atoms with E-state index in [1.54, 1.807) is 12.1 Å². The second-order valence-corrected chi connectivity index (χ2v) is 6.38. The van der Waals surface area contributed by atoms with Crippen molar-refractivity contribution >= 4 is 17.7 Å². The molecular weight excluding hydrogens is 293 g/mol. The van der Waals surface area contributed by atoms with E-state index < -0.39 is 0 Å². The van der Waals surface area contributed by atoms with Gasteiger partial charge in [0.25, 0.3) is 0 Å². The van der Waals surface area contributed by atoms with E-state index in [2.05, 4.69) is 20.8 Å². The first kappa shape index (κ1) is 15.4. The van der Waals surface area contributed by atoms with Crippen LogP contribution < -0.4 is 5.32 Å². The number of hydrogen-bond acceptors (Lipinski definition) is 5. The summed E-state index contributed by atoms with van der Waals surface area (Å²) in [5.41, 5.74) is 0.227. The van der Waals surface area contributed by atoms with E-state index in [1.807, 2.05) is 20.8 Å². The number of aromatic nitrogens is 4. The van der Waals surface area contributed by atoms with Crippen LogP contribution >= 0.6 is 11.8 Å². The fourth-order valence-corrected chi connectivity index (χ4v) is 2.31. The SMILES string of the molecule is CC(C)(C)NC(=O)CSc1nnnn1-c1cccc(F)c1. The average molecular weight is 309 g/mol. The van der Waals surface area contributed by atoms with Gasteiger partial charge in [0.05, 0.1) is 11.4 Å². The second-order valence-electron chi connectivity index (χ2n) is 5.44. The van der Waals surface area contributed by atoms with Crippen LogP contribution in [-0.2, 0) is 4.79 Å². The minimum absolute atomic E-state index is 0.110. The Bertz CT molecular complexity index is 637. The Morgan fingerprint density at radius 1 is 1.43 bits per heavy atom. The Morgan fingerprint density at radius 3 is 2.86 bits per heavy atom. The number of nitrogens with one attached hydrogen (secondary N) is 1. The van der Waals surface area contributed by atoms with Gasteiger partial charge in [-0.1, -0.05) is 17.8 Å². The second kappa shape index (κ2) is 6.21. The zero-order chi connectivity index (χ0) is 15.5. The van der Waals surface area contributed by atoms with Crippen molar-refractivity contribution in [1.82, 2.24) is 25.5 Å². The molecule has 0 saturated heterocycles. The Kier molecular flexibility index (Phi) is 4.56. The Hall–Kier alpha value is -1.96. The van der Waals surface area contributed by atoms with Crippen LogP contribution in [0.4, 0.5) is 4.39 Å². The third-order valence-corrected chi connectivity index (χ3v) is 3.26. The molecule has 0 aliphatic carbocycles. The maximum atomic E-state index is 13.2. The molecule has 0 radical (unpaired) electrons. The molecule has 0 saturated carbocycles. The van der Waals surface area contributed by atoms with Crippen molar-refractivity contribution in [3.8, 4) is 5.69 Å². The van der Waals surface area contributed by atoms with Crippen molar-refractivity contribution in [2.45, 2.75) is 31.5 Å². The highest BCUT2D eigenvalue weighted by Crippen LogP contribution is 2.18. The topological polar surface area (TPSA) is 72.7 Å². The van der Waals surface area contributed by atoms with Gasteiger partial charge in [-0.3, -0.25) is 4.79 Å². The number of nitrogens with zero attached hydrogens (tertiary/aromatic N) is 4. The first-order valence-corrected chi connectivity index (χ1v) is 7.32. The molecule has 0 fully saturated rings. The average Bonchev–Trinajstić information content (AvgIpc) is 2.82. The summed E-state index contributed by atoms with van der Waals surface area (Å²) in [4.78, 5) is 11.8. The quantitative estimate of drug-likeness (QED) is 0.872. The summed E-state index contributed by atoms with van der Waals surface area (Å²) in [5, 5.41) is 14.5. The predicted molar refractivity (Wildman–Crippen MR) is 77.7 cm³/mol. The molecule has 1 amide bonds. The molecule has 1 aromatic carbocycles. The van der Waals surface area contributed by atoms with E-state index in [0.29, 0.717) is 10.8 Å². The van der Waals surface area contributed by atoms with E-state index in [0.717, 1.165) is 0 Å². The number of hydrogen-bond donors (Lipinski definition) is 1. The molecule has 112 valence electrons. The lowest BCUT2D eigenvalue weighted by atomic mass is 10.1. The van der Waals surface area contributed by atoms with E-state index >= 15 is 0 Å². The number of carbonyl (C=O) groups excluding carboxylic acids is 1. The molecule has 0 unspecified atom stereocenters. The molecule has 0 atom stereocenters. The van der Waals surface area contributed by atoms with Crippen molar-refractivity contribution in [2.75, 3.05) is 5.75 Å². The fourth-order valence-electron chi connectivity index (χ4n) is 1.62. The Morgan fingerprint density at radius 2 is 2.19 bits per heavy atom. The smallest absolute Gasteiger partial charge is 0.230 e. The van der Waals surface area contributed by atoms with Crippen LogP contribution in [-0.4, -0.2) is 37.4 Å². The lowest BCUT2D eigenvalue weighted by Gasteiger charge is -2.20. The first-order chi connectivity index (χ1) is 9.85. The molecule has 6 nitrogen and oxygen atoms in total. The molecule has 1 N–H and O–H groups in total. The van der Waals surface area contributed by atoms with Gasteiger partial charge in [-0.25, -0.2) is 4.39 Å². The molecule has 8 heteroatoms. The molecule has 2 aromatic rings. The van der Waals surface area contributed by atoms with Gasteiger partial charge in [0.15, 0.2) is 0 Å². The Balaban J connectivity index is 2.06. The molecular formula is C13H16FN5OS. The summed E-state index contributed by atoms with van der Waals surface area (Å²) in [6.45, 7) is 5.73. The monoisotopic (exact) mass is 309 g/mol. The Labute approximate surface area is 126 Å². The zero-order valence-electron chi connectivity index (χ0n) is 12.0. The van der Waals surface area contributed by atoms with Gasteiger partial charge in [-0.05, 0) is 49.4 Å². The number of carbonyl (C=O) groups is 1. The number of halogens is 1. The minimum Gasteiger partial charge on any atom is -0.351 e. The number of rotatable bonds is 4. The molecule has 0 aliphatic rings. The third kappa shape index (κ3) is 4.52. The van der Waals surface area contributed by atoms with Crippen LogP contribution in [0.15, 0.2) is 29.4 Å². The highest BCUT2D eigenvalue weighted by Gasteiger charge is 2.16. The van der Waals surface area contributed by atoms with Crippen LogP contribution in [0, 0.1) is 5.82 Å². The van der Waals surface area contributed by atoms with E-state index in [-0.39, 0.29) is 23.0 Å². The largest absolute Gasteiger partial charge is 0.351 e. The molecule has 0 aliphatic heterocycles. The normalized spacial score (nSPS) is 11.4. The van der Waals surface area contributed by atoms with Crippen molar-refractivity contribution in [2.24, 2.45) is 0 Å². The van der Waals surface area contributed by atoms with Crippen LogP contribution in [0.5, 0.6) is 0 Å². The van der Waals surface area contributed by atoms with Gasteiger partial charge < -0.3 is 5.32 Å². The third-order valence-electron chi connectivity index (χ3n) is 2.34. The fraction of sp³-hybridized carbons (Fsp3) is 0.385. The van der Waals surface area contributed by atoms with Crippen molar-refractivity contribution in [3.05, 3.63) is 30.1 Å². The van der Waals surface area contributed by atoms with Crippen LogP contribution in [0.1, 0.15) is 20.8 Å². The van der Waals surface area contributed by atoms with Crippen LogP contribution in [0.2, 0.25) is 0 Å². The van der Waals surface area contributed by atoms with Gasteiger partial charge in [0, 0.05) is 5.54 Å². The van der Waals surface area contributed by atoms with Gasteiger partial charge >= 0.3 is 0 Å². The standard InChI is InChI=1S/C13H16FN5OS/c1-13(2,3)15-11(20)8-21-12-16-17-18-19(12)10-6-4-5-9(14)7-10/h4-7H,8H2,1-3H3,(H,15,20). The summed E-state index contributed by atoms with van der Waals surface area (Å²) < 4.78 is 14.6. The maximum Gasteiger partial charge on any atom is 0.230 e. The summed E-state index contributed by atoms with van der Waals surface area (Å²) in [6, 6.07) is 5.94. The number of benzene rings is 1. The number of thioether (sulfide) groups is 1. The van der Waals surface area contributed by atoms with E-state index in [9.17, 15) is 9.18 Å². The van der Waals surface area contributed by atoms with Crippen molar-refractivity contribution in [1.29, 1.82) is 0 Å². The number of amides is 1. The molecule has 1 heterocycles. The lowest BCUT2D eigenvalue weighted by Crippen LogP contribution is -2.41. The van der Waals surface area contributed by atoms with Gasteiger partial charge in [0.1, 0.15) is 5.82 Å². The predicted octanol–water partition coefficient (Wildman–Crippen LogP) is 1.81. The summed E-state index contributed by atoms with van der Waals surface area (Å²) in [5.74, 6) is -0.293. The molecule has 2 rings (SSSR count). The lowest BCUT2D eigenvalue weighted by molar-refractivity contribution is -0.119. The van der Waals surface area contributed by atoms with Gasteiger partial charge in [-0.2, -0.15) is 4.68 Å². The maximum absolute atomic E-state index is 13.2. The molecule has 21 heavy (non-hydrogen) atoms. The number of tetrazole rings is 1. The van der Waals surface area contributed by atoms with E-state index in [1.165, 1.54) is 28.6 Å². The first-order valence-electron chi connectivity index (χ1n) is 6.33. The van der Waals surface area contributed by atoms with Gasteiger partial charge in [-0.15, -0.1) is 5.10 Å².